The first-order valence-electron chi connectivity index (χ1n) is 11.2. The molecule has 152 valence electrons. The molecule has 2 aromatic carbocycles. The van der Waals surface area contributed by atoms with Gasteiger partial charge in [0.2, 0.25) is 0 Å². The largest absolute Gasteiger partial charge is 0.381 e. The predicted octanol–water partition coefficient (Wildman–Crippen LogP) is 7.02. The quantitative estimate of drug-likeness (QED) is 0.468. The van der Waals surface area contributed by atoms with E-state index in [1.807, 2.05) is 19.1 Å². The van der Waals surface area contributed by atoms with Crippen molar-refractivity contribution in [3.8, 4) is 5.69 Å². The van der Waals surface area contributed by atoms with E-state index in [2.05, 4.69) is 28.8 Å². The lowest BCUT2D eigenvalue weighted by molar-refractivity contribution is 0.0839. The van der Waals surface area contributed by atoms with Crippen LogP contribution in [0.2, 0.25) is 0 Å². The Morgan fingerprint density at radius 3 is 2.41 bits per heavy atom. The Kier molecular flexibility index (Phi) is 5.17. The molecule has 1 aromatic heterocycles. The summed E-state index contributed by atoms with van der Waals surface area (Å²) < 4.78 is 22.2. The number of benzene rings is 2. The smallest absolute Gasteiger partial charge is 0.126 e. The Morgan fingerprint density at radius 1 is 0.897 bits per heavy atom. The van der Waals surface area contributed by atoms with Gasteiger partial charge in [0.1, 0.15) is 5.82 Å². The fraction of sp³-hybridized carbons (Fsp3) is 0.462. The maximum absolute atomic E-state index is 14.1. The van der Waals surface area contributed by atoms with E-state index >= 15 is 0 Å². The van der Waals surface area contributed by atoms with Crippen LogP contribution in [0, 0.1) is 12.7 Å². The van der Waals surface area contributed by atoms with Crippen LogP contribution in [0.15, 0.2) is 42.5 Å². The van der Waals surface area contributed by atoms with E-state index in [4.69, 9.17) is 4.74 Å². The van der Waals surface area contributed by atoms with Crippen molar-refractivity contribution in [2.45, 2.75) is 63.7 Å². The average molecular weight is 392 g/mol. The molecule has 0 spiro atoms. The minimum atomic E-state index is -0.134. The van der Waals surface area contributed by atoms with Crippen molar-refractivity contribution in [1.82, 2.24) is 4.57 Å². The summed E-state index contributed by atoms with van der Waals surface area (Å²) in [6.07, 6.45) is 8.71. The molecular weight excluding hydrogens is 361 g/mol. The molecule has 0 N–H and O–H groups in total. The highest BCUT2D eigenvalue weighted by molar-refractivity contribution is 5.88. The lowest BCUT2D eigenvalue weighted by atomic mass is 9.80. The van der Waals surface area contributed by atoms with E-state index in [9.17, 15) is 4.39 Å². The molecule has 0 radical (unpaired) electrons. The number of hydrogen-bond acceptors (Lipinski definition) is 1. The van der Waals surface area contributed by atoms with Crippen LogP contribution < -0.4 is 0 Å². The molecule has 0 amide bonds. The summed E-state index contributed by atoms with van der Waals surface area (Å²) >= 11 is 0. The first-order chi connectivity index (χ1) is 14.2. The predicted molar refractivity (Wildman–Crippen MR) is 117 cm³/mol. The van der Waals surface area contributed by atoms with Crippen LogP contribution in [0.3, 0.4) is 0 Å². The zero-order valence-corrected chi connectivity index (χ0v) is 17.3. The lowest BCUT2D eigenvalue weighted by Crippen LogP contribution is -2.19. The van der Waals surface area contributed by atoms with Gasteiger partial charge < -0.3 is 9.30 Å². The van der Waals surface area contributed by atoms with Gasteiger partial charge in [0.25, 0.3) is 0 Å². The van der Waals surface area contributed by atoms with Crippen molar-refractivity contribution in [2.75, 3.05) is 13.2 Å². The number of hydrogen-bond donors (Lipinski definition) is 0. The second-order valence-electron chi connectivity index (χ2n) is 8.81. The van der Waals surface area contributed by atoms with Gasteiger partial charge in [0.05, 0.1) is 5.52 Å². The Bertz CT molecular complexity index is 1010. The van der Waals surface area contributed by atoms with Gasteiger partial charge in [-0.25, -0.2) is 4.39 Å². The standard InChI is InChI=1S/C26H30FNO/c1-18-17-21(11-12-23(18)27)28-24-10-6-5-9-22(24)25(19-7-3-2-4-8-19)26(28)20-13-15-29-16-14-20/h5-6,9-12,17,19-20H,2-4,7-8,13-16H2,1H3. The highest BCUT2D eigenvalue weighted by atomic mass is 19.1. The van der Waals surface area contributed by atoms with Crippen LogP contribution in [0.5, 0.6) is 0 Å². The average Bonchev–Trinajstić information content (AvgIpc) is 3.12. The van der Waals surface area contributed by atoms with E-state index in [-0.39, 0.29) is 5.82 Å². The Hall–Kier alpha value is -2.13. The summed E-state index contributed by atoms with van der Waals surface area (Å²) in [5.41, 5.74) is 6.09. The van der Waals surface area contributed by atoms with Gasteiger partial charge in [-0.3, -0.25) is 0 Å². The monoisotopic (exact) mass is 391 g/mol. The van der Waals surface area contributed by atoms with E-state index in [1.54, 1.807) is 11.6 Å². The third-order valence-electron chi connectivity index (χ3n) is 6.97. The van der Waals surface area contributed by atoms with Crippen molar-refractivity contribution in [3.05, 3.63) is 65.1 Å². The van der Waals surface area contributed by atoms with Crippen molar-refractivity contribution < 1.29 is 9.13 Å². The molecule has 1 aliphatic heterocycles. The Balaban J connectivity index is 1.78. The molecule has 1 saturated carbocycles. The fourth-order valence-corrected chi connectivity index (χ4v) is 5.52. The number of halogens is 1. The lowest BCUT2D eigenvalue weighted by Gasteiger charge is -2.29. The van der Waals surface area contributed by atoms with Gasteiger partial charge in [-0.15, -0.1) is 0 Å². The van der Waals surface area contributed by atoms with E-state index in [1.165, 1.54) is 48.7 Å². The first kappa shape index (κ1) is 18.9. The normalized spacial score (nSPS) is 19.1. The summed E-state index contributed by atoms with van der Waals surface area (Å²) in [7, 11) is 0. The van der Waals surface area contributed by atoms with Gasteiger partial charge in [0.15, 0.2) is 0 Å². The summed E-state index contributed by atoms with van der Waals surface area (Å²) in [6.45, 7) is 3.53. The summed E-state index contributed by atoms with van der Waals surface area (Å²) in [6, 6.07) is 14.4. The van der Waals surface area contributed by atoms with Crippen molar-refractivity contribution in [1.29, 1.82) is 0 Å². The minimum absolute atomic E-state index is 0.134. The maximum atomic E-state index is 14.1. The summed E-state index contributed by atoms with van der Waals surface area (Å²) in [5.74, 6) is 0.998. The van der Waals surface area contributed by atoms with Gasteiger partial charge in [-0.1, -0.05) is 37.5 Å². The zero-order chi connectivity index (χ0) is 19.8. The SMILES string of the molecule is Cc1cc(-n2c(C3CCOCC3)c(C3CCCCC3)c3ccccc32)ccc1F. The molecule has 2 nitrogen and oxygen atoms in total. The zero-order valence-electron chi connectivity index (χ0n) is 17.3. The summed E-state index contributed by atoms with van der Waals surface area (Å²) in [5, 5.41) is 1.39. The van der Waals surface area contributed by atoms with Crippen LogP contribution in [0.4, 0.5) is 4.39 Å². The highest BCUT2D eigenvalue weighted by Crippen LogP contribution is 2.45. The molecule has 3 aromatic rings. The second-order valence-corrected chi connectivity index (χ2v) is 8.81. The number of fused-ring (bicyclic) bond motifs is 1. The number of para-hydroxylation sites is 1. The molecule has 0 unspecified atom stereocenters. The third-order valence-corrected chi connectivity index (χ3v) is 6.97. The van der Waals surface area contributed by atoms with Crippen LogP contribution >= 0.6 is 0 Å². The Labute approximate surface area is 172 Å². The number of rotatable bonds is 3. The molecule has 0 bridgehead atoms. The molecule has 1 saturated heterocycles. The van der Waals surface area contributed by atoms with Gasteiger partial charge in [-0.05, 0) is 73.9 Å². The number of aryl methyl sites for hydroxylation is 1. The van der Waals surface area contributed by atoms with Gasteiger partial charge in [0, 0.05) is 35.9 Å². The van der Waals surface area contributed by atoms with E-state index < -0.39 is 0 Å². The number of aromatic nitrogens is 1. The van der Waals surface area contributed by atoms with Crippen LogP contribution in [-0.4, -0.2) is 17.8 Å². The van der Waals surface area contributed by atoms with E-state index in [0.717, 1.165) is 31.7 Å². The molecule has 0 atom stereocenters. The third kappa shape index (κ3) is 3.40. The van der Waals surface area contributed by atoms with E-state index in [0.29, 0.717) is 17.4 Å². The van der Waals surface area contributed by atoms with Gasteiger partial charge in [-0.2, -0.15) is 0 Å². The number of nitrogens with zero attached hydrogens (tertiary/aromatic N) is 1. The second kappa shape index (κ2) is 7.95. The molecule has 1 aliphatic carbocycles. The Morgan fingerprint density at radius 2 is 1.66 bits per heavy atom. The van der Waals surface area contributed by atoms with Crippen molar-refractivity contribution in [2.24, 2.45) is 0 Å². The van der Waals surface area contributed by atoms with Crippen LogP contribution in [-0.2, 0) is 4.74 Å². The van der Waals surface area contributed by atoms with Gasteiger partial charge >= 0.3 is 0 Å². The summed E-state index contributed by atoms with van der Waals surface area (Å²) in [4.78, 5) is 0. The molecular formula is C26H30FNO. The molecule has 29 heavy (non-hydrogen) atoms. The molecule has 3 heteroatoms. The van der Waals surface area contributed by atoms with Crippen molar-refractivity contribution in [3.63, 3.8) is 0 Å². The highest BCUT2D eigenvalue weighted by Gasteiger charge is 2.31. The van der Waals surface area contributed by atoms with Crippen LogP contribution in [0.25, 0.3) is 16.6 Å². The molecule has 2 heterocycles. The minimum Gasteiger partial charge on any atom is -0.381 e. The molecule has 5 rings (SSSR count). The van der Waals surface area contributed by atoms with Crippen LogP contribution in [0.1, 0.15) is 73.6 Å². The topological polar surface area (TPSA) is 14.2 Å². The van der Waals surface area contributed by atoms with Crippen molar-refractivity contribution >= 4 is 10.9 Å². The first-order valence-corrected chi connectivity index (χ1v) is 11.2. The molecule has 2 aliphatic rings. The maximum Gasteiger partial charge on any atom is 0.126 e. The number of ether oxygens (including phenoxy) is 1. The fourth-order valence-electron chi connectivity index (χ4n) is 5.52. The molecule has 2 fully saturated rings.